The highest BCUT2D eigenvalue weighted by atomic mass is 32.1. The van der Waals surface area contributed by atoms with Crippen molar-refractivity contribution in [1.82, 2.24) is 20.4 Å². The Morgan fingerprint density at radius 3 is 2.87 bits per heavy atom. The average Bonchev–Trinajstić information content (AvgIpc) is 3.27. The van der Waals surface area contributed by atoms with E-state index in [0.717, 1.165) is 45.7 Å². The number of carbonyl (C=O) groups is 2. The van der Waals surface area contributed by atoms with Gasteiger partial charge in [-0.2, -0.15) is 0 Å². The number of amides is 2. The molecule has 0 aromatic carbocycles. The van der Waals surface area contributed by atoms with E-state index in [-0.39, 0.29) is 11.8 Å². The van der Waals surface area contributed by atoms with E-state index in [1.54, 1.807) is 6.07 Å². The summed E-state index contributed by atoms with van der Waals surface area (Å²) < 4.78 is 0. The van der Waals surface area contributed by atoms with Crippen LogP contribution < -0.4 is 10.6 Å². The van der Waals surface area contributed by atoms with Crippen LogP contribution in [0.25, 0.3) is 0 Å². The van der Waals surface area contributed by atoms with E-state index in [9.17, 15) is 9.59 Å². The van der Waals surface area contributed by atoms with E-state index in [1.807, 2.05) is 16.3 Å². The second kappa shape index (κ2) is 7.90. The van der Waals surface area contributed by atoms with Crippen molar-refractivity contribution in [2.24, 2.45) is 0 Å². The van der Waals surface area contributed by atoms with Crippen molar-refractivity contribution in [2.75, 3.05) is 45.8 Å². The SMILES string of the molecule is O=C(NCCC(=O)N1CCC(N2CCNCC2)C1)c1cccs1. The van der Waals surface area contributed by atoms with Gasteiger partial charge >= 0.3 is 0 Å². The quantitative estimate of drug-likeness (QED) is 0.816. The van der Waals surface area contributed by atoms with E-state index in [4.69, 9.17) is 0 Å². The fourth-order valence-electron chi connectivity index (χ4n) is 3.25. The molecule has 2 saturated heterocycles. The maximum Gasteiger partial charge on any atom is 0.261 e. The molecule has 7 heteroatoms. The second-order valence-electron chi connectivity index (χ2n) is 6.05. The Bertz CT molecular complexity index is 528. The third kappa shape index (κ3) is 4.31. The molecular formula is C16H24N4O2S. The number of likely N-dealkylation sites (tertiary alicyclic amines) is 1. The number of rotatable bonds is 5. The molecule has 2 N–H and O–H groups in total. The van der Waals surface area contributed by atoms with Crippen LogP contribution in [0.4, 0.5) is 0 Å². The zero-order chi connectivity index (χ0) is 16.1. The normalized spacial score (nSPS) is 22.3. The van der Waals surface area contributed by atoms with E-state index in [1.165, 1.54) is 11.3 Å². The molecule has 0 radical (unpaired) electrons. The number of nitrogens with zero attached hydrogens (tertiary/aromatic N) is 2. The Morgan fingerprint density at radius 2 is 2.13 bits per heavy atom. The first-order valence-electron chi connectivity index (χ1n) is 8.28. The Labute approximate surface area is 140 Å². The van der Waals surface area contributed by atoms with E-state index in [0.29, 0.717) is 23.9 Å². The topological polar surface area (TPSA) is 64.7 Å². The van der Waals surface area contributed by atoms with Crippen molar-refractivity contribution >= 4 is 23.2 Å². The lowest BCUT2D eigenvalue weighted by Crippen LogP contribution is -2.49. The Morgan fingerprint density at radius 1 is 1.30 bits per heavy atom. The maximum atomic E-state index is 12.3. The third-order valence-electron chi connectivity index (χ3n) is 4.55. The Balaban J connectivity index is 1.38. The van der Waals surface area contributed by atoms with Crippen LogP contribution in [-0.4, -0.2) is 73.5 Å². The van der Waals surface area contributed by atoms with Crippen molar-refractivity contribution in [2.45, 2.75) is 18.9 Å². The van der Waals surface area contributed by atoms with Crippen molar-refractivity contribution < 1.29 is 9.59 Å². The lowest BCUT2D eigenvalue weighted by atomic mass is 10.2. The molecule has 0 saturated carbocycles. The van der Waals surface area contributed by atoms with Crippen LogP contribution in [0.2, 0.25) is 0 Å². The minimum Gasteiger partial charge on any atom is -0.351 e. The van der Waals surface area contributed by atoms with Gasteiger partial charge in [0, 0.05) is 58.3 Å². The van der Waals surface area contributed by atoms with Gasteiger partial charge in [0.2, 0.25) is 5.91 Å². The first-order chi connectivity index (χ1) is 11.2. The Hall–Kier alpha value is -1.44. The predicted molar refractivity (Wildman–Crippen MR) is 90.7 cm³/mol. The van der Waals surface area contributed by atoms with Crippen LogP contribution in [-0.2, 0) is 4.79 Å². The molecule has 0 spiro atoms. The fraction of sp³-hybridized carbons (Fsp3) is 0.625. The van der Waals surface area contributed by atoms with E-state index in [2.05, 4.69) is 15.5 Å². The molecule has 3 rings (SSSR count). The largest absolute Gasteiger partial charge is 0.351 e. The van der Waals surface area contributed by atoms with Crippen molar-refractivity contribution in [1.29, 1.82) is 0 Å². The molecule has 3 heterocycles. The van der Waals surface area contributed by atoms with Crippen molar-refractivity contribution in [3.63, 3.8) is 0 Å². The molecule has 1 aromatic rings. The number of hydrogen-bond donors (Lipinski definition) is 2. The molecule has 2 amide bonds. The molecule has 0 aliphatic carbocycles. The van der Waals surface area contributed by atoms with Crippen LogP contribution in [0.15, 0.2) is 17.5 Å². The summed E-state index contributed by atoms with van der Waals surface area (Å²) in [5.74, 6) is 0.0574. The molecule has 6 nitrogen and oxygen atoms in total. The molecule has 1 unspecified atom stereocenters. The van der Waals surface area contributed by atoms with Gasteiger partial charge in [0.15, 0.2) is 0 Å². The van der Waals surface area contributed by atoms with Gasteiger partial charge < -0.3 is 15.5 Å². The van der Waals surface area contributed by atoms with Gasteiger partial charge in [-0.05, 0) is 17.9 Å². The summed E-state index contributed by atoms with van der Waals surface area (Å²) in [5.41, 5.74) is 0. The summed E-state index contributed by atoms with van der Waals surface area (Å²) >= 11 is 1.41. The van der Waals surface area contributed by atoms with Crippen molar-refractivity contribution in [3.8, 4) is 0 Å². The maximum absolute atomic E-state index is 12.3. The molecule has 23 heavy (non-hydrogen) atoms. The van der Waals surface area contributed by atoms with E-state index >= 15 is 0 Å². The second-order valence-corrected chi connectivity index (χ2v) is 7.00. The molecule has 2 aliphatic heterocycles. The highest BCUT2D eigenvalue weighted by Gasteiger charge is 2.30. The number of hydrogen-bond acceptors (Lipinski definition) is 5. The fourth-order valence-corrected chi connectivity index (χ4v) is 3.89. The van der Waals surface area contributed by atoms with Crippen molar-refractivity contribution in [3.05, 3.63) is 22.4 Å². The molecule has 2 aliphatic rings. The Kier molecular flexibility index (Phi) is 5.64. The standard InChI is InChI=1S/C16H24N4O2S/c21-15(3-5-18-16(22)14-2-1-11-23-14)20-8-4-13(12-20)19-9-6-17-7-10-19/h1-2,11,13,17H,3-10,12H2,(H,18,22). The smallest absolute Gasteiger partial charge is 0.261 e. The zero-order valence-corrected chi connectivity index (χ0v) is 14.1. The molecule has 1 aromatic heterocycles. The first-order valence-corrected chi connectivity index (χ1v) is 9.16. The lowest BCUT2D eigenvalue weighted by Gasteiger charge is -2.32. The number of nitrogens with one attached hydrogen (secondary N) is 2. The number of piperazine rings is 1. The summed E-state index contributed by atoms with van der Waals surface area (Å²) in [4.78, 5) is 29.2. The van der Waals surface area contributed by atoms with Gasteiger partial charge in [0.05, 0.1) is 4.88 Å². The molecule has 1 atom stereocenters. The van der Waals surface area contributed by atoms with Gasteiger partial charge in [-0.15, -0.1) is 11.3 Å². The lowest BCUT2D eigenvalue weighted by molar-refractivity contribution is -0.130. The van der Waals surface area contributed by atoms with Gasteiger partial charge in [-0.25, -0.2) is 0 Å². The predicted octanol–water partition coefficient (Wildman–Crippen LogP) is 0.374. The third-order valence-corrected chi connectivity index (χ3v) is 5.42. The monoisotopic (exact) mass is 336 g/mol. The minimum atomic E-state index is -0.0899. The molecule has 2 fully saturated rings. The van der Waals surface area contributed by atoms with Crippen LogP contribution in [0.5, 0.6) is 0 Å². The summed E-state index contributed by atoms with van der Waals surface area (Å²) in [6, 6.07) is 4.15. The zero-order valence-electron chi connectivity index (χ0n) is 13.3. The highest BCUT2D eigenvalue weighted by Crippen LogP contribution is 2.17. The van der Waals surface area contributed by atoms with Gasteiger partial charge in [-0.1, -0.05) is 6.07 Å². The van der Waals surface area contributed by atoms with Gasteiger partial charge in [0.1, 0.15) is 0 Å². The molecule has 0 bridgehead atoms. The van der Waals surface area contributed by atoms with Crippen LogP contribution in [0.3, 0.4) is 0 Å². The van der Waals surface area contributed by atoms with Gasteiger partial charge in [-0.3, -0.25) is 14.5 Å². The minimum absolute atomic E-state index is 0.0899. The number of thiophene rings is 1. The van der Waals surface area contributed by atoms with E-state index < -0.39 is 0 Å². The molecular weight excluding hydrogens is 312 g/mol. The van der Waals surface area contributed by atoms with Crippen LogP contribution >= 0.6 is 11.3 Å². The summed E-state index contributed by atoms with van der Waals surface area (Å²) in [6.45, 7) is 6.31. The van der Waals surface area contributed by atoms with Gasteiger partial charge in [0.25, 0.3) is 5.91 Å². The highest BCUT2D eigenvalue weighted by molar-refractivity contribution is 7.12. The molecule has 126 valence electrons. The summed E-state index contributed by atoms with van der Waals surface area (Å²) in [7, 11) is 0. The first kappa shape index (κ1) is 16.4. The summed E-state index contributed by atoms with van der Waals surface area (Å²) in [6.07, 6.45) is 1.44. The number of carbonyl (C=O) groups excluding carboxylic acids is 2. The van der Waals surface area contributed by atoms with Crippen LogP contribution in [0.1, 0.15) is 22.5 Å². The summed E-state index contributed by atoms with van der Waals surface area (Å²) in [5, 5.41) is 8.06. The van der Waals surface area contributed by atoms with Crippen LogP contribution in [0, 0.1) is 0 Å². The average molecular weight is 336 g/mol.